The molecule has 1 aromatic heterocycles. The van der Waals surface area contributed by atoms with Crippen LogP contribution in [0.3, 0.4) is 0 Å². The van der Waals surface area contributed by atoms with Crippen molar-refractivity contribution >= 4 is 27.3 Å². The van der Waals surface area contributed by atoms with Gasteiger partial charge in [-0.2, -0.15) is 0 Å². The molecule has 2 rings (SSSR count). The zero-order valence-electron chi connectivity index (χ0n) is 13.6. The molecule has 0 aromatic carbocycles. The zero-order chi connectivity index (χ0) is 17.0. The van der Waals surface area contributed by atoms with E-state index >= 15 is 0 Å². The maximum Gasteiger partial charge on any atom is 0.263 e. The SMILES string of the molecule is COCCN1CCC(NC(=O)c2sccc2S(=O)(=O)N(C)C)C1. The molecule has 7 nitrogen and oxygen atoms in total. The Morgan fingerprint density at radius 1 is 1.52 bits per heavy atom. The number of hydrogen-bond donors (Lipinski definition) is 1. The molecule has 0 aliphatic carbocycles. The second-order valence-electron chi connectivity index (χ2n) is 5.65. The van der Waals surface area contributed by atoms with Gasteiger partial charge in [0.2, 0.25) is 10.0 Å². The van der Waals surface area contributed by atoms with Crippen LogP contribution in [0.15, 0.2) is 16.3 Å². The lowest BCUT2D eigenvalue weighted by Gasteiger charge is -2.16. The van der Waals surface area contributed by atoms with Crippen molar-refractivity contribution in [2.24, 2.45) is 0 Å². The van der Waals surface area contributed by atoms with Crippen LogP contribution in [0.25, 0.3) is 0 Å². The number of ether oxygens (including phenoxy) is 1. The summed E-state index contributed by atoms with van der Waals surface area (Å²) in [6.07, 6.45) is 0.858. The molecule has 0 spiro atoms. The summed E-state index contributed by atoms with van der Waals surface area (Å²) in [6.45, 7) is 3.16. The number of nitrogens with zero attached hydrogens (tertiary/aromatic N) is 2. The van der Waals surface area contributed by atoms with E-state index in [0.717, 1.165) is 41.7 Å². The second kappa shape index (κ2) is 7.71. The van der Waals surface area contributed by atoms with Gasteiger partial charge in [0.25, 0.3) is 5.91 Å². The average Bonchev–Trinajstić information content (AvgIpc) is 3.14. The largest absolute Gasteiger partial charge is 0.383 e. The van der Waals surface area contributed by atoms with Crippen LogP contribution in [0, 0.1) is 0 Å². The van der Waals surface area contributed by atoms with Gasteiger partial charge in [-0.3, -0.25) is 9.69 Å². The van der Waals surface area contributed by atoms with E-state index in [1.165, 1.54) is 20.2 Å². The van der Waals surface area contributed by atoms with Gasteiger partial charge in [0.1, 0.15) is 9.77 Å². The van der Waals surface area contributed by atoms with Crippen molar-refractivity contribution in [1.82, 2.24) is 14.5 Å². The van der Waals surface area contributed by atoms with E-state index in [4.69, 9.17) is 4.74 Å². The number of methoxy groups -OCH3 is 1. The minimum absolute atomic E-state index is 0.0383. The normalized spacial score (nSPS) is 19.4. The minimum Gasteiger partial charge on any atom is -0.383 e. The van der Waals surface area contributed by atoms with Crippen LogP contribution >= 0.6 is 11.3 Å². The standard InChI is InChI=1S/C14H23N3O4S2/c1-16(2)23(19,20)12-5-9-22-13(12)14(18)15-11-4-6-17(10-11)7-8-21-3/h5,9,11H,4,6-8,10H2,1-3H3,(H,15,18). The number of likely N-dealkylation sites (tertiary alicyclic amines) is 1. The molecule has 1 aliphatic rings. The molecule has 1 saturated heterocycles. The number of thiophene rings is 1. The molecule has 1 unspecified atom stereocenters. The molecule has 9 heteroatoms. The molecular weight excluding hydrogens is 338 g/mol. The lowest BCUT2D eigenvalue weighted by atomic mass is 10.2. The Kier molecular flexibility index (Phi) is 6.15. The van der Waals surface area contributed by atoms with Gasteiger partial charge >= 0.3 is 0 Å². The van der Waals surface area contributed by atoms with Gasteiger partial charge in [-0.15, -0.1) is 11.3 Å². The fraction of sp³-hybridized carbons (Fsp3) is 0.643. The van der Waals surface area contributed by atoms with Crippen LogP contribution in [0.2, 0.25) is 0 Å². The van der Waals surface area contributed by atoms with Gasteiger partial charge in [-0.1, -0.05) is 0 Å². The highest BCUT2D eigenvalue weighted by atomic mass is 32.2. The van der Waals surface area contributed by atoms with Crippen molar-refractivity contribution in [3.05, 3.63) is 16.3 Å². The number of amides is 1. The van der Waals surface area contributed by atoms with E-state index in [9.17, 15) is 13.2 Å². The Morgan fingerprint density at radius 3 is 2.91 bits per heavy atom. The third kappa shape index (κ3) is 4.30. The van der Waals surface area contributed by atoms with Crippen molar-refractivity contribution in [1.29, 1.82) is 0 Å². The van der Waals surface area contributed by atoms with Crippen LogP contribution < -0.4 is 5.32 Å². The zero-order valence-corrected chi connectivity index (χ0v) is 15.2. The molecule has 2 heterocycles. The van der Waals surface area contributed by atoms with Crippen LogP contribution in [0.5, 0.6) is 0 Å². The Balaban J connectivity index is 2.02. The van der Waals surface area contributed by atoms with Gasteiger partial charge in [0.15, 0.2) is 0 Å². The summed E-state index contributed by atoms with van der Waals surface area (Å²) < 4.78 is 30.7. The highest BCUT2D eigenvalue weighted by Gasteiger charge is 2.29. The fourth-order valence-electron chi connectivity index (χ4n) is 2.49. The quantitative estimate of drug-likeness (QED) is 0.763. The van der Waals surface area contributed by atoms with Gasteiger partial charge < -0.3 is 10.1 Å². The highest BCUT2D eigenvalue weighted by molar-refractivity contribution is 7.89. The molecule has 1 N–H and O–H groups in total. The van der Waals surface area contributed by atoms with Crippen LogP contribution in [-0.2, 0) is 14.8 Å². The predicted octanol–water partition coefficient (Wildman–Crippen LogP) is 0.449. The topological polar surface area (TPSA) is 79.0 Å². The van der Waals surface area contributed by atoms with Crippen LogP contribution in [0.4, 0.5) is 0 Å². The lowest BCUT2D eigenvalue weighted by Crippen LogP contribution is -2.38. The second-order valence-corrected chi connectivity index (χ2v) is 8.69. The summed E-state index contributed by atoms with van der Waals surface area (Å²) in [5.74, 6) is -0.320. The molecular formula is C14H23N3O4S2. The number of sulfonamides is 1. The number of carbonyl (C=O) groups is 1. The summed E-state index contributed by atoms with van der Waals surface area (Å²) in [4.78, 5) is 15.0. The lowest BCUT2D eigenvalue weighted by molar-refractivity contribution is 0.0937. The van der Waals surface area contributed by atoms with E-state index in [2.05, 4.69) is 10.2 Å². The van der Waals surface area contributed by atoms with Gasteiger partial charge in [0, 0.05) is 46.9 Å². The van der Waals surface area contributed by atoms with E-state index in [0.29, 0.717) is 6.61 Å². The molecule has 130 valence electrons. The third-order valence-electron chi connectivity index (χ3n) is 3.81. The van der Waals surface area contributed by atoms with Crippen molar-refractivity contribution in [3.63, 3.8) is 0 Å². The van der Waals surface area contributed by atoms with E-state index < -0.39 is 10.0 Å². The molecule has 23 heavy (non-hydrogen) atoms. The van der Waals surface area contributed by atoms with Crippen molar-refractivity contribution in [2.75, 3.05) is 47.4 Å². The summed E-state index contributed by atoms with van der Waals surface area (Å²) in [5.41, 5.74) is 0. The number of rotatable bonds is 7. The first kappa shape index (κ1) is 18.3. The Hall–Kier alpha value is -1.00. The van der Waals surface area contributed by atoms with Crippen LogP contribution in [0.1, 0.15) is 16.1 Å². The van der Waals surface area contributed by atoms with E-state index in [1.54, 1.807) is 12.5 Å². The molecule has 1 aromatic rings. The van der Waals surface area contributed by atoms with Crippen LogP contribution in [-0.4, -0.2) is 77.0 Å². The first-order valence-electron chi connectivity index (χ1n) is 7.38. The molecule has 1 aliphatic heterocycles. The fourth-order valence-corrected chi connectivity index (χ4v) is 4.68. The summed E-state index contributed by atoms with van der Waals surface area (Å²) in [7, 11) is 0.971. The monoisotopic (exact) mass is 361 g/mol. The summed E-state index contributed by atoms with van der Waals surface area (Å²) in [5, 5.41) is 4.57. The molecule has 0 saturated carbocycles. The molecule has 1 atom stereocenters. The average molecular weight is 361 g/mol. The van der Waals surface area contributed by atoms with Crippen molar-refractivity contribution in [3.8, 4) is 0 Å². The van der Waals surface area contributed by atoms with E-state index in [-0.39, 0.29) is 21.7 Å². The molecule has 0 radical (unpaired) electrons. The molecule has 0 bridgehead atoms. The first-order chi connectivity index (χ1) is 10.9. The third-order valence-corrected chi connectivity index (χ3v) is 6.71. The van der Waals surface area contributed by atoms with Gasteiger partial charge in [-0.05, 0) is 17.9 Å². The van der Waals surface area contributed by atoms with Crippen molar-refractivity contribution in [2.45, 2.75) is 17.4 Å². The summed E-state index contributed by atoms with van der Waals surface area (Å²) >= 11 is 1.15. The number of hydrogen-bond acceptors (Lipinski definition) is 6. The number of carbonyl (C=O) groups excluding carboxylic acids is 1. The smallest absolute Gasteiger partial charge is 0.263 e. The van der Waals surface area contributed by atoms with Gasteiger partial charge in [-0.25, -0.2) is 12.7 Å². The summed E-state index contributed by atoms with van der Waals surface area (Å²) in [6, 6.07) is 1.52. The highest BCUT2D eigenvalue weighted by Crippen LogP contribution is 2.24. The number of nitrogens with one attached hydrogen (secondary N) is 1. The first-order valence-corrected chi connectivity index (χ1v) is 9.70. The molecule has 1 amide bonds. The van der Waals surface area contributed by atoms with Gasteiger partial charge in [0.05, 0.1) is 6.61 Å². The maximum atomic E-state index is 12.4. The van der Waals surface area contributed by atoms with Crippen molar-refractivity contribution < 1.29 is 17.9 Å². The Labute approximate surface area is 141 Å². The maximum absolute atomic E-state index is 12.4. The van der Waals surface area contributed by atoms with E-state index in [1.807, 2.05) is 0 Å². The minimum atomic E-state index is -3.61. The Bertz CT molecular complexity index is 642. The Morgan fingerprint density at radius 2 is 2.26 bits per heavy atom. The predicted molar refractivity (Wildman–Crippen MR) is 89.4 cm³/mol. The molecule has 1 fully saturated rings.